The number of thiazole rings is 1. The summed E-state index contributed by atoms with van der Waals surface area (Å²) >= 11 is 13.5. The molecule has 3 aromatic rings. The highest BCUT2D eigenvalue weighted by molar-refractivity contribution is 7.13. The molecule has 2 aromatic carbocycles. The van der Waals surface area contributed by atoms with E-state index >= 15 is 0 Å². The zero-order valence-electron chi connectivity index (χ0n) is 14.7. The average molecular weight is 436 g/mol. The molecule has 0 aliphatic heterocycles. The largest absolute Gasteiger partial charge is 0.496 e. The number of hydrogen-bond acceptors (Lipinski definition) is 5. The fraction of sp³-hybridized carbons (Fsp3) is 0.105. The summed E-state index contributed by atoms with van der Waals surface area (Å²) in [5, 5.41) is 3.48. The molecule has 0 atom stereocenters. The van der Waals surface area contributed by atoms with Crippen LogP contribution in [0.2, 0.25) is 10.0 Å². The van der Waals surface area contributed by atoms with Gasteiger partial charge in [-0.2, -0.15) is 0 Å². The number of ether oxygens (including phenoxy) is 1. The summed E-state index contributed by atoms with van der Waals surface area (Å²) in [5.41, 5.74) is 6.30. The van der Waals surface area contributed by atoms with E-state index in [4.69, 9.17) is 27.9 Å². The molecule has 0 saturated carbocycles. The highest BCUT2D eigenvalue weighted by Crippen LogP contribution is 2.30. The molecule has 2 N–H and O–H groups in total. The van der Waals surface area contributed by atoms with E-state index in [9.17, 15) is 9.59 Å². The summed E-state index contributed by atoms with van der Waals surface area (Å²) in [6.07, 6.45) is 0.00785. The number of halogens is 2. The topological polar surface area (TPSA) is 80.3 Å². The maximum atomic E-state index is 12.3. The Bertz CT molecular complexity index is 1020. The molecule has 6 nitrogen and oxygen atoms in total. The van der Waals surface area contributed by atoms with Gasteiger partial charge in [0, 0.05) is 16.0 Å². The molecule has 28 heavy (non-hydrogen) atoms. The van der Waals surface area contributed by atoms with E-state index in [1.807, 2.05) is 18.2 Å². The normalized spacial score (nSPS) is 10.4. The maximum absolute atomic E-state index is 12.3. The van der Waals surface area contributed by atoms with Gasteiger partial charge < -0.3 is 4.74 Å². The Morgan fingerprint density at radius 2 is 1.93 bits per heavy atom. The van der Waals surface area contributed by atoms with Crippen LogP contribution in [0.15, 0.2) is 47.8 Å². The highest BCUT2D eigenvalue weighted by Gasteiger charge is 2.15. The SMILES string of the molecule is COc1ccc(Cl)cc1C(=O)NNC(=O)Cc1csc(-c2ccccc2Cl)n1. The van der Waals surface area contributed by atoms with E-state index in [2.05, 4.69) is 15.8 Å². The average Bonchev–Trinajstić information content (AvgIpc) is 3.14. The lowest BCUT2D eigenvalue weighted by Gasteiger charge is -2.10. The quantitative estimate of drug-likeness (QED) is 0.590. The van der Waals surface area contributed by atoms with Crippen molar-refractivity contribution in [2.45, 2.75) is 6.42 Å². The molecule has 1 heterocycles. The third-order valence-electron chi connectivity index (χ3n) is 3.72. The van der Waals surface area contributed by atoms with Crippen LogP contribution in [0.1, 0.15) is 16.1 Å². The van der Waals surface area contributed by atoms with Crippen molar-refractivity contribution in [1.29, 1.82) is 0 Å². The van der Waals surface area contributed by atoms with Crippen LogP contribution in [0, 0.1) is 0 Å². The van der Waals surface area contributed by atoms with Gasteiger partial charge in [0.15, 0.2) is 0 Å². The van der Waals surface area contributed by atoms with Crippen molar-refractivity contribution in [1.82, 2.24) is 15.8 Å². The zero-order chi connectivity index (χ0) is 20.1. The van der Waals surface area contributed by atoms with Crippen molar-refractivity contribution in [3.8, 4) is 16.3 Å². The molecule has 0 spiro atoms. The molecule has 0 aliphatic carbocycles. The third-order valence-corrected chi connectivity index (χ3v) is 5.21. The predicted molar refractivity (Wildman–Crippen MR) is 110 cm³/mol. The minimum Gasteiger partial charge on any atom is -0.496 e. The number of hydrazine groups is 1. The highest BCUT2D eigenvalue weighted by atomic mass is 35.5. The second-order valence-corrected chi connectivity index (χ2v) is 7.35. The Kier molecular flexibility index (Phi) is 6.51. The first-order valence-electron chi connectivity index (χ1n) is 8.10. The molecule has 9 heteroatoms. The molecule has 144 valence electrons. The number of hydrogen-bond donors (Lipinski definition) is 2. The van der Waals surface area contributed by atoms with Crippen LogP contribution >= 0.6 is 34.5 Å². The summed E-state index contributed by atoms with van der Waals surface area (Å²) in [5.74, 6) is -0.604. The third kappa shape index (κ3) is 4.81. The van der Waals surface area contributed by atoms with Crippen molar-refractivity contribution in [2.75, 3.05) is 7.11 Å². The molecule has 0 radical (unpaired) electrons. The van der Waals surface area contributed by atoms with Gasteiger partial charge in [0.1, 0.15) is 10.8 Å². The van der Waals surface area contributed by atoms with Gasteiger partial charge in [0.2, 0.25) is 5.91 Å². The number of carbonyl (C=O) groups is 2. The van der Waals surface area contributed by atoms with Crippen molar-refractivity contribution in [3.05, 3.63) is 69.1 Å². The van der Waals surface area contributed by atoms with Crippen LogP contribution in [0.4, 0.5) is 0 Å². The summed E-state index contributed by atoms with van der Waals surface area (Å²) in [4.78, 5) is 28.8. The van der Waals surface area contributed by atoms with Crippen LogP contribution in [0.25, 0.3) is 10.6 Å². The van der Waals surface area contributed by atoms with Gasteiger partial charge in [0.25, 0.3) is 5.91 Å². The van der Waals surface area contributed by atoms with Crippen molar-refractivity contribution in [3.63, 3.8) is 0 Å². The Labute approximate surface area is 175 Å². The van der Waals surface area contributed by atoms with E-state index in [0.29, 0.717) is 21.5 Å². The second kappa shape index (κ2) is 9.05. The summed E-state index contributed by atoms with van der Waals surface area (Å²) < 4.78 is 5.13. The van der Waals surface area contributed by atoms with Gasteiger partial charge in [-0.3, -0.25) is 20.4 Å². The molecule has 0 saturated heterocycles. The summed E-state index contributed by atoms with van der Waals surface area (Å²) in [6, 6.07) is 12.0. The van der Waals surface area contributed by atoms with Crippen LogP contribution < -0.4 is 15.6 Å². The first-order valence-corrected chi connectivity index (χ1v) is 9.73. The van der Waals surface area contributed by atoms with Gasteiger partial charge in [-0.1, -0.05) is 41.4 Å². The first-order chi connectivity index (χ1) is 13.5. The van der Waals surface area contributed by atoms with Crippen LogP contribution in [-0.2, 0) is 11.2 Å². The minimum absolute atomic E-state index is 0.00785. The monoisotopic (exact) mass is 435 g/mol. The van der Waals surface area contributed by atoms with Gasteiger partial charge in [-0.05, 0) is 24.3 Å². The van der Waals surface area contributed by atoms with Crippen molar-refractivity contribution >= 4 is 46.4 Å². The Morgan fingerprint density at radius 1 is 1.14 bits per heavy atom. The van der Waals surface area contributed by atoms with E-state index < -0.39 is 11.8 Å². The predicted octanol–water partition coefficient (Wildman–Crippen LogP) is 4.13. The minimum atomic E-state index is -0.539. The van der Waals surface area contributed by atoms with E-state index in [0.717, 1.165) is 10.6 Å². The van der Waals surface area contributed by atoms with Gasteiger partial charge >= 0.3 is 0 Å². The zero-order valence-corrected chi connectivity index (χ0v) is 17.0. The summed E-state index contributed by atoms with van der Waals surface area (Å²) in [7, 11) is 1.44. The molecular weight excluding hydrogens is 421 g/mol. The smallest absolute Gasteiger partial charge is 0.273 e. The lowest BCUT2D eigenvalue weighted by Crippen LogP contribution is -2.42. The van der Waals surface area contributed by atoms with Gasteiger partial charge in [-0.15, -0.1) is 11.3 Å². The molecule has 0 unspecified atom stereocenters. The number of carbonyl (C=O) groups excluding carboxylic acids is 2. The molecular formula is C19H15Cl2N3O3S. The number of nitrogens with one attached hydrogen (secondary N) is 2. The van der Waals surface area contributed by atoms with E-state index in [1.54, 1.807) is 23.6 Å². The van der Waals surface area contributed by atoms with Crippen LogP contribution in [-0.4, -0.2) is 23.9 Å². The van der Waals surface area contributed by atoms with Crippen molar-refractivity contribution < 1.29 is 14.3 Å². The van der Waals surface area contributed by atoms with Crippen LogP contribution in [0.3, 0.4) is 0 Å². The Morgan fingerprint density at radius 3 is 2.68 bits per heavy atom. The van der Waals surface area contributed by atoms with E-state index in [-0.39, 0.29) is 12.0 Å². The maximum Gasteiger partial charge on any atom is 0.273 e. The van der Waals surface area contributed by atoms with E-state index in [1.165, 1.54) is 24.5 Å². The molecule has 2 amide bonds. The number of amides is 2. The molecule has 0 aliphatic rings. The van der Waals surface area contributed by atoms with Crippen molar-refractivity contribution in [2.24, 2.45) is 0 Å². The fourth-order valence-electron chi connectivity index (χ4n) is 2.41. The number of benzene rings is 2. The standard InChI is InChI=1S/C19H15Cl2N3O3S/c1-27-16-7-6-11(20)8-14(16)18(26)24-23-17(25)9-12-10-28-19(22-12)13-4-2-3-5-15(13)21/h2-8,10H,9H2,1H3,(H,23,25)(H,24,26). The first kappa shape index (κ1) is 20.1. The lowest BCUT2D eigenvalue weighted by molar-refractivity contribution is -0.121. The number of methoxy groups -OCH3 is 1. The Hall–Kier alpha value is -2.61. The van der Waals surface area contributed by atoms with Gasteiger partial charge in [-0.25, -0.2) is 4.98 Å². The number of nitrogens with zero attached hydrogens (tertiary/aromatic N) is 1. The van der Waals surface area contributed by atoms with Gasteiger partial charge in [0.05, 0.1) is 29.8 Å². The fourth-order valence-corrected chi connectivity index (χ4v) is 3.72. The van der Waals surface area contributed by atoms with Crippen LogP contribution in [0.5, 0.6) is 5.75 Å². The summed E-state index contributed by atoms with van der Waals surface area (Å²) in [6.45, 7) is 0. The second-order valence-electron chi connectivity index (χ2n) is 5.65. The molecule has 1 aromatic heterocycles. The molecule has 0 fully saturated rings. The molecule has 3 rings (SSSR count). The molecule has 0 bridgehead atoms. The number of aromatic nitrogens is 1. The Balaban J connectivity index is 1.60. The number of rotatable bonds is 5. The lowest BCUT2D eigenvalue weighted by atomic mass is 10.2.